The predicted molar refractivity (Wildman–Crippen MR) is 349 cm³/mol. The third-order valence-electron chi connectivity index (χ3n) is 27.3. The Morgan fingerprint density at radius 2 is 1.09 bits per heavy atom. The number of carbonyl (C=O) groups excluding carboxylic acids is 3. The van der Waals surface area contributed by atoms with Crippen LogP contribution < -0.4 is 11.1 Å². The normalized spacial score (nSPS) is 35.1. The Kier molecular flexibility index (Phi) is 17.8. The first-order valence-corrected chi connectivity index (χ1v) is 35.7. The van der Waals surface area contributed by atoms with Crippen molar-refractivity contribution in [1.29, 1.82) is 0 Å². The van der Waals surface area contributed by atoms with E-state index in [0.717, 1.165) is 133 Å². The van der Waals surface area contributed by atoms with Crippen molar-refractivity contribution >= 4 is 45.6 Å². The number of ether oxygens (including phenoxy) is 2. The second-order valence-corrected chi connectivity index (χ2v) is 31.7. The summed E-state index contributed by atoms with van der Waals surface area (Å²) in [6.07, 6.45) is 29.4. The molecule has 0 radical (unpaired) electrons. The number of aromatic nitrogens is 7. The highest BCUT2D eigenvalue weighted by molar-refractivity contribution is 6.10. The number of hydrogen-bond acceptors (Lipinski definition) is 11. The summed E-state index contributed by atoms with van der Waals surface area (Å²) in [5.74, 6) is 6.88. The number of amides is 1. The molecular formula is C74H105N9O7. The number of fused-ring (bicyclic) bond motifs is 13. The lowest BCUT2D eigenvalue weighted by atomic mass is 9.44. The number of esters is 2. The number of carboxylic acids is 1. The summed E-state index contributed by atoms with van der Waals surface area (Å²) in [7, 11) is 0. The van der Waals surface area contributed by atoms with Crippen molar-refractivity contribution < 1.29 is 33.8 Å². The van der Waals surface area contributed by atoms with Crippen LogP contribution in [0.2, 0.25) is 0 Å². The predicted octanol–water partition coefficient (Wildman–Crippen LogP) is 14.2. The molecule has 5 aromatic rings. The number of benzene rings is 2. The number of hydrogen-bond donors (Lipinski definition) is 3. The summed E-state index contributed by atoms with van der Waals surface area (Å²) in [5, 5.41) is 32.6. The van der Waals surface area contributed by atoms with Gasteiger partial charge in [-0.3, -0.25) is 19.2 Å². The largest absolute Gasteiger partial charge is 0.481 e. The van der Waals surface area contributed by atoms with Crippen LogP contribution in [0.5, 0.6) is 0 Å². The average Bonchev–Trinajstić information content (AvgIpc) is 1.30. The van der Waals surface area contributed by atoms with E-state index in [1.54, 1.807) is 9.36 Å². The molecule has 0 bridgehead atoms. The molecule has 13 rings (SSSR count). The SMILES string of the molecule is CCCCNC(=O)CC[C@@H](C)C1CCC2C3CCC4CC(OC(=O)Cn5cc(-c6ccc7c8ccc(-c9cn(CC(=O)O[C@@H]%10CCC%11(C)C%12CCC%13(C)C(CCC%13[C@H](C)CCC(=O)O)C%12CC[C@@H]%11C%10)nn9)cc8n(CCN)c7c6)nn5)CCC4(C)C3CCC21C. The van der Waals surface area contributed by atoms with Crippen LogP contribution in [0.3, 0.4) is 0 Å². The van der Waals surface area contributed by atoms with E-state index in [2.05, 4.69) is 115 Å². The number of aliphatic carboxylic acids is 1. The standard InChI is InChI=1S/C74H105N9O7/c1-8-9-35-76-67(84)24-10-45(2)57-20-22-59-55-18-14-49-39-51(26-30-71(49,4)61(55)28-32-73(57,59)6)89-69(87)43-81-41-63(77-79-81)47-12-16-53-54-17-13-48(38-66(54)83(36-34-75)65(53)37-47)64-42-82(80-78-64)44-70(88)90-52-27-31-72(5)50(40-52)15-19-56-60-23-21-58(46(3)11-25-68(85)86)74(60,7)33-29-62(56)72/h12-13,16-17,37-38,41-42,45-46,49-52,55-62H,8-11,14-15,18-36,39-40,43-44,75H2,1-7H3,(H,76,84)(H,85,86)/t45-,46-,49?,50-,51?,52-,55?,56?,57?,58?,59?,60?,61?,62?,71?,72?,73?,74?/m1/s1. The van der Waals surface area contributed by atoms with Gasteiger partial charge in [-0.15, -0.1) is 10.2 Å². The van der Waals surface area contributed by atoms with E-state index >= 15 is 0 Å². The van der Waals surface area contributed by atoms with E-state index in [9.17, 15) is 24.3 Å². The Hall–Kier alpha value is -5.64. The number of nitrogens with one attached hydrogen (secondary N) is 1. The lowest BCUT2D eigenvalue weighted by Gasteiger charge is -2.61. The fraction of sp³-hybridized carbons (Fsp3) is 0.730. The molecule has 1 amide bonds. The molecule has 18 atom stereocenters. The van der Waals surface area contributed by atoms with Crippen LogP contribution in [-0.2, 0) is 48.3 Å². The molecule has 3 aromatic heterocycles. The van der Waals surface area contributed by atoms with Crippen molar-refractivity contribution in [2.75, 3.05) is 13.1 Å². The van der Waals surface area contributed by atoms with Crippen LogP contribution >= 0.6 is 0 Å². The lowest BCUT2D eigenvalue weighted by Crippen LogP contribution is -2.54. The van der Waals surface area contributed by atoms with Gasteiger partial charge in [0.25, 0.3) is 0 Å². The molecule has 8 aliphatic carbocycles. The second-order valence-electron chi connectivity index (χ2n) is 31.7. The monoisotopic (exact) mass is 1230 g/mol. The van der Waals surface area contributed by atoms with E-state index in [0.29, 0.717) is 83.2 Å². The molecule has 16 nitrogen and oxygen atoms in total. The number of unbranched alkanes of at least 4 members (excludes halogenated alkanes) is 1. The van der Waals surface area contributed by atoms with Crippen molar-refractivity contribution in [3.05, 3.63) is 48.8 Å². The average molecular weight is 1230 g/mol. The van der Waals surface area contributed by atoms with Gasteiger partial charge in [0.05, 0.1) is 12.4 Å². The van der Waals surface area contributed by atoms with E-state index in [-0.39, 0.29) is 60.4 Å². The molecule has 0 aliphatic heterocycles. The van der Waals surface area contributed by atoms with Crippen molar-refractivity contribution in [2.24, 2.45) is 98.4 Å². The number of carboxylic acid groups (broad SMARTS) is 1. The molecular weight excluding hydrogens is 1130 g/mol. The van der Waals surface area contributed by atoms with Crippen molar-refractivity contribution in [1.82, 2.24) is 39.9 Å². The molecule has 0 saturated heterocycles. The first-order chi connectivity index (χ1) is 43.3. The van der Waals surface area contributed by atoms with Crippen LogP contribution in [0, 0.1) is 92.7 Å². The molecule has 14 unspecified atom stereocenters. The highest BCUT2D eigenvalue weighted by Crippen LogP contribution is 2.70. The fourth-order valence-corrected chi connectivity index (χ4v) is 22.7. The summed E-state index contributed by atoms with van der Waals surface area (Å²) in [6.45, 7) is 19.0. The van der Waals surface area contributed by atoms with E-state index in [4.69, 9.17) is 15.2 Å². The Morgan fingerprint density at radius 3 is 1.56 bits per heavy atom. The number of carbonyl (C=O) groups is 4. The summed E-state index contributed by atoms with van der Waals surface area (Å²) >= 11 is 0. The van der Waals surface area contributed by atoms with Gasteiger partial charge >= 0.3 is 17.9 Å². The quantitative estimate of drug-likeness (QED) is 0.0463. The van der Waals surface area contributed by atoms with E-state index in [1.807, 2.05) is 12.4 Å². The maximum Gasteiger partial charge on any atom is 0.328 e. The summed E-state index contributed by atoms with van der Waals surface area (Å²) < 4.78 is 18.0. The van der Waals surface area contributed by atoms with Crippen LogP contribution in [0.4, 0.5) is 0 Å². The van der Waals surface area contributed by atoms with Crippen molar-refractivity contribution in [2.45, 2.75) is 234 Å². The fourth-order valence-electron chi connectivity index (χ4n) is 22.7. The molecule has 16 heteroatoms. The Balaban J connectivity index is 0.596. The molecule has 2 aromatic carbocycles. The third-order valence-corrected chi connectivity index (χ3v) is 27.3. The number of nitrogens with two attached hydrogens (primary N) is 1. The second kappa shape index (κ2) is 25.3. The zero-order valence-corrected chi connectivity index (χ0v) is 55.3. The van der Waals surface area contributed by atoms with Gasteiger partial charge in [-0.05, 0) is 240 Å². The maximum absolute atomic E-state index is 13.7. The minimum atomic E-state index is -0.678. The van der Waals surface area contributed by atoms with Gasteiger partial charge in [0.15, 0.2) is 0 Å². The molecule has 90 heavy (non-hydrogen) atoms. The summed E-state index contributed by atoms with van der Waals surface area (Å²) in [5.41, 5.74) is 12.7. The minimum absolute atomic E-state index is 0.000212. The van der Waals surface area contributed by atoms with Crippen molar-refractivity contribution in [3.8, 4) is 22.5 Å². The number of nitrogens with zero attached hydrogens (tertiary/aromatic N) is 7. The Bertz CT molecular complexity index is 3440. The van der Waals surface area contributed by atoms with Gasteiger partial charge in [-0.25, -0.2) is 9.36 Å². The number of rotatable bonds is 21. The first kappa shape index (κ1) is 63.1. The van der Waals surface area contributed by atoms with Crippen LogP contribution in [0.15, 0.2) is 48.8 Å². The van der Waals surface area contributed by atoms with Gasteiger partial charge in [-0.2, -0.15) is 0 Å². The van der Waals surface area contributed by atoms with E-state index in [1.165, 1.54) is 77.0 Å². The summed E-state index contributed by atoms with van der Waals surface area (Å²) in [4.78, 5) is 51.4. The zero-order chi connectivity index (χ0) is 62.9. The Labute approximate surface area is 534 Å². The minimum Gasteiger partial charge on any atom is -0.481 e. The van der Waals surface area contributed by atoms with Gasteiger partial charge < -0.3 is 30.2 Å². The third kappa shape index (κ3) is 11.6. The first-order valence-electron chi connectivity index (χ1n) is 35.7. The maximum atomic E-state index is 13.7. The van der Waals surface area contributed by atoms with Gasteiger partial charge in [0.1, 0.15) is 36.7 Å². The smallest absolute Gasteiger partial charge is 0.328 e. The summed E-state index contributed by atoms with van der Waals surface area (Å²) in [6, 6.07) is 12.6. The van der Waals surface area contributed by atoms with Gasteiger partial charge in [0, 0.05) is 65.4 Å². The zero-order valence-electron chi connectivity index (χ0n) is 55.3. The molecule has 8 saturated carbocycles. The highest BCUT2D eigenvalue weighted by Gasteiger charge is 2.63. The molecule has 8 aliphatic rings. The Morgan fingerprint density at radius 1 is 0.622 bits per heavy atom. The van der Waals surface area contributed by atoms with E-state index < -0.39 is 5.97 Å². The van der Waals surface area contributed by atoms with Crippen LogP contribution in [0.1, 0.15) is 203 Å². The lowest BCUT2D eigenvalue weighted by molar-refractivity contribution is -0.164. The van der Waals surface area contributed by atoms with Crippen LogP contribution in [0.25, 0.3) is 44.3 Å². The topological polar surface area (TPSA) is 211 Å². The van der Waals surface area contributed by atoms with Gasteiger partial charge in [0.2, 0.25) is 5.91 Å². The molecule has 0 spiro atoms. The molecule has 8 fully saturated rings. The van der Waals surface area contributed by atoms with Crippen molar-refractivity contribution in [3.63, 3.8) is 0 Å². The molecule has 3 heterocycles. The molecule has 488 valence electrons. The van der Waals surface area contributed by atoms with Crippen LogP contribution in [-0.4, -0.2) is 88.8 Å². The molecule has 4 N–H and O–H groups in total. The van der Waals surface area contributed by atoms with Gasteiger partial charge in [-0.1, -0.05) is 89.6 Å². The highest BCUT2D eigenvalue weighted by atomic mass is 16.5.